The van der Waals surface area contributed by atoms with Crippen LogP contribution in [0.15, 0.2) is 66.7 Å². The summed E-state index contributed by atoms with van der Waals surface area (Å²) in [5.41, 5.74) is 1.57. The van der Waals surface area contributed by atoms with Crippen molar-refractivity contribution in [1.82, 2.24) is 0 Å². The second-order valence-corrected chi connectivity index (χ2v) is 7.14. The van der Waals surface area contributed by atoms with Crippen molar-refractivity contribution in [3.8, 4) is 0 Å². The van der Waals surface area contributed by atoms with E-state index in [2.05, 4.69) is 87.5 Å². The Kier molecular flexibility index (Phi) is 2.77. The number of hydrogen-bond donors (Lipinski definition) is 0. The van der Waals surface area contributed by atoms with Crippen LogP contribution < -0.4 is 0 Å². The Hall–Kier alpha value is -2.34. The molecular formula is C22H20. The van der Waals surface area contributed by atoms with Crippen LogP contribution >= 0.6 is 0 Å². The zero-order valence-corrected chi connectivity index (χ0v) is 13.4. The molecule has 0 N–H and O–H groups in total. The van der Waals surface area contributed by atoms with Gasteiger partial charge < -0.3 is 0 Å². The largest absolute Gasteiger partial charge is 0.0616 e. The lowest BCUT2D eigenvalue weighted by molar-refractivity contribution is 0.591. The van der Waals surface area contributed by atoms with Crippen LogP contribution in [-0.2, 0) is 5.41 Å². The molecule has 0 aliphatic carbocycles. The van der Waals surface area contributed by atoms with E-state index < -0.39 is 0 Å². The first-order chi connectivity index (χ1) is 10.5. The molecule has 4 aromatic rings. The molecule has 0 saturated heterocycles. The van der Waals surface area contributed by atoms with E-state index in [1.165, 1.54) is 37.9 Å². The number of rotatable bonds is 0. The SMILES string of the molecule is CC(C)(C)c1ccc2c(ccc3ccc4ccccc4c32)c1. The van der Waals surface area contributed by atoms with Gasteiger partial charge in [-0.1, -0.05) is 87.5 Å². The van der Waals surface area contributed by atoms with Crippen molar-refractivity contribution in [2.45, 2.75) is 26.2 Å². The van der Waals surface area contributed by atoms with Gasteiger partial charge in [-0.2, -0.15) is 0 Å². The van der Waals surface area contributed by atoms with Crippen LogP contribution in [0.3, 0.4) is 0 Å². The first kappa shape index (κ1) is 13.3. The summed E-state index contributed by atoms with van der Waals surface area (Å²) in [5, 5.41) is 8.01. The maximum atomic E-state index is 2.34. The molecule has 0 bridgehead atoms. The highest BCUT2D eigenvalue weighted by Gasteiger charge is 2.14. The minimum Gasteiger partial charge on any atom is -0.0616 e. The van der Waals surface area contributed by atoms with E-state index in [1.54, 1.807) is 0 Å². The van der Waals surface area contributed by atoms with Gasteiger partial charge in [0.2, 0.25) is 0 Å². The smallest absolute Gasteiger partial charge is 0.00268 e. The van der Waals surface area contributed by atoms with Gasteiger partial charge in [0.25, 0.3) is 0 Å². The summed E-state index contributed by atoms with van der Waals surface area (Å²) in [4.78, 5) is 0. The zero-order valence-electron chi connectivity index (χ0n) is 13.4. The van der Waals surface area contributed by atoms with Gasteiger partial charge >= 0.3 is 0 Å². The number of fused-ring (bicyclic) bond motifs is 5. The second-order valence-electron chi connectivity index (χ2n) is 7.14. The number of hydrogen-bond acceptors (Lipinski definition) is 0. The highest BCUT2D eigenvalue weighted by atomic mass is 14.2. The third-order valence-corrected chi connectivity index (χ3v) is 4.59. The van der Waals surface area contributed by atoms with Gasteiger partial charge in [-0.25, -0.2) is 0 Å². The summed E-state index contributed by atoms with van der Waals surface area (Å²) < 4.78 is 0. The molecule has 4 aromatic carbocycles. The van der Waals surface area contributed by atoms with Crippen LogP contribution in [0.4, 0.5) is 0 Å². The predicted octanol–water partition coefficient (Wildman–Crippen LogP) is 6.44. The molecule has 0 heterocycles. The van der Waals surface area contributed by atoms with Crippen molar-refractivity contribution in [3.63, 3.8) is 0 Å². The van der Waals surface area contributed by atoms with Crippen LogP contribution in [0, 0.1) is 0 Å². The van der Waals surface area contributed by atoms with E-state index in [-0.39, 0.29) is 5.41 Å². The Balaban J connectivity index is 2.16. The molecule has 0 aliphatic rings. The first-order valence-electron chi connectivity index (χ1n) is 7.89. The molecule has 0 heteroatoms. The molecule has 0 aliphatic heterocycles. The van der Waals surface area contributed by atoms with Crippen LogP contribution in [0.2, 0.25) is 0 Å². The minimum atomic E-state index is 0.182. The predicted molar refractivity (Wildman–Crippen MR) is 97.7 cm³/mol. The fourth-order valence-corrected chi connectivity index (χ4v) is 3.30. The second kappa shape index (κ2) is 4.58. The van der Waals surface area contributed by atoms with Crippen molar-refractivity contribution in [2.75, 3.05) is 0 Å². The molecule has 0 unspecified atom stereocenters. The maximum Gasteiger partial charge on any atom is -0.00268 e. The van der Waals surface area contributed by atoms with Crippen molar-refractivity contribution < 1.29 is 0 Å². The van der Waals surface area contributed by atoms with Gasteiger partial charge in [-0.05, 0) is 43.3 Å². The summed E-state index contributed by atoms with van der Waals surface area (Å²) in [6.07, 6.45) is 0. The van der Waals surface area contributed by atoms with Gasteiger partial charge in [0.15, 0.2) is 0 Å². The molecule has 0 amide bonds. The topological polar surface area (TPSA) is 0 Å². The van der Waals surface area contributed by atoms with Crippen LogP contribution in [0.25, 0.3) is 32.3 Å². The molecule has 0 aromatic heterocycles. The van der Waals surface area contributed by atoms with E-state index in [0.29, 0.717) is 0 Å². The van der Waals surface area contributed by atoms with Gasteiger partial charge in [0.1, 0.15) is 0 Å². The monoisotopic (exact) mass is 284 g/mol. The van der Waals surface area contributed by atoms with E-state index in [1.807, 2.05) is 0 Å². The highest BCUT2D eigenvalue weighted by molar-refractivity contribution is 6.20. The summed E-state index contributed by atoms with van der Waals surface area (Å²) in [6.45, 7) is 6.81. The average Bonchev–Trinajstić information content (AvgIpc) is 2.52. The van der Waals surface area contributed by atoms with Crippen molar-refractivity contribution in [3.05, 3.63) is 72.3 Å². The fourth-order valence-electron chi connectivity index (χ4n) is 3.30. The molecule has 0 nitrogen and oxygen atoms in total. The van der Waals surface area contributed by atoms with Crippen LogP contribution in [0.1, 0.15) is 26.3 Å². The summed E-state index contributed by atoms with van der Waals surface area (Å²) in [7, 11) is 0. The van der Waals surface area contributed by atoms with Gasteiger partial charge in [0.05, 0.1) is 0 Å². The van der Waals surface area contributed by atoms with E-state index in [9.17, 15) is 0 Å². The standard InChI is InChI=1S/C22H20/c1-22(2,3)18-12-13-20-17(14-18)11-10-16-9-8-15-6-4-5-7-19(15)21(16)20/h4-14H,1-3H3. The molecule has 108 valence electrons. The molecule has 0 radical (unpaired) electrons. The third kappa shape index (κ3) is 1.99. The molecular weight excluding hydrogens is 264 g/mol. The third-order valence-electron chi connectivity index (χ3n) is 4.59. The van der Waals surface area contributed by atoms with Crippen molar-refractivity contribution >= 4 is 32.3 Å². The molecule has 0 fully saturated rings. The Bertz CT molecular complexity index is 1000. The average molecular weight is 284 g/mol. The first-order valence-corrected chi connectivity index (χ1v) is 7.89. The Morgan fingerprint density at radius 2 is 1.23 bits per heavy atom. The Morgan fingerprint density at radius 3 is 2.00 bits per heavy atom. The maximum absolute atomic E-state index is 2.34. The molecule has 0 spiro atoms. The summed E-state index contributed by atoms with van der Waals surface area (Å²) in [6, 6.07) is 24.5. The lowest BCUT2D eigenvalue weighted by Gasteiger charge is -2.20. The van der Waals surface area contributed by atoms with E-state index in [0.717, 1.165) is 0 Å². The fraction of sp³-hybridized carbons (Fsp3) is 0.182. The van der Waals surface area contributed by atoms with Gasteiger partial charge in [-0.3, -0.25) is 0 Å². The number of benzene rings is 4. The molecule has 4 rings (SSSR count). The highest BCUT2D eigenvalue weighted by Crippen LogP contribution is 2.34. The van der Waals surface area contributed by atoms with Crippen LogP contribution in [-0.4, -0.2) is 0 Å². The lowest BCUT2D eigenvalue weighted by atomic mass is 9.85. The van der Waals surface area contributed by atoms with Crippen molar-refractivity contribution in [2.24, 2.45) is 0 Å². The summed E-state index contributed by atoms with van der Waals surface area (Å²) in [5.74, 6) is 0. The Labute approximate surface area is 131 Å². The lowest BCUT2D eigenvalue weighted by Crippen LogP contribution is -2.10. The molecule has 0 atom stereocenters. The zero-order chi connectivity index (χ0) is 15.3. The van der Waals surface area contributed by atoms with E-state index in [4.69, 9.17) is 0 Å². The van der Waals surface area contributed by atoms with Gasteiger partial charge in [-0.15, -0.1) is 0 Å². The Morgan fingerprint density at radius 1 is 0.591 bits per heavy atom. The van der Waals surface area contributed by atoms with E-state index >= 15 is 0 Å². The van der Waals surface area contributed by atoms with Crippen LogP contribution in [0.5, 0.6) is 0 Å². The normalized spacial score (nSPS) is 12.3. The molecule has 22 heavy (non-hydrogen) atoms. The minimum absolute atomic E-state index is 0.182. The summed E-state index contributed by atoms with van der Waals surface area (Å²) >= 11 is 0. The molecule has 0 saturated carbocycles. The van der Waals surface area contributed by atoms with Gasteiger partial charge in [0, 0.05) is 0 Å². The van der Waals surface area contributed by atoms with Crippen molar-refractivity contribution in [1.29, 1.82) is 0 Å². The quantitative estimate of drug-likeness (QED) is 0.326.